The maximum Gasteiger partial charge on any atom is 0.306 e. The highest BCUT2D eigenvalue weighted by atomic mass is 16.6. The van der Waals surface area contributed by atoms with Crippen molar-refractivity contribution in [3.05, 3.63) is 85.1 Å². The smallest absolute Gasteiger partial charge is 0.306 e. The Labute approximate surface area is 509 Å². The van der Waals surface area contributed by atoms with Gasteiger partial charge in [-0.3, -0.25) is 14.4 Å². The van der Waals surface area contributed by atoms with E-state index in [-0.39, 0.29) is 31.1 Å². The Bertz CT molecular complexity index is 1550. The van der Waals surface area contributed by atoms with Crippen LogP contribution in [0.4, 0.5) is 0 Å². The van der Waals surface area contributed by atoms with Crippen LogP contribution >= 0.6 is 0 Å². The third-order valence-electron chi connectivity index (χ3n) is 15.6. The molecule has 0 fully saturated rings. The van der Waals surface area contributed by atoms with E-state index in [4.69, 9.17) is 14.2 Å². The summed E-state index contributed by atoms with van der Waals surface area (Å²) in [4.78, 5) is 38.4. The molecule has 82 heavy (non-hydrogen) atoms. The second-order valence-electron chi connectivity index (χ2n) is 23.8. The number of allylic oxidation sites excluding steroid dienone is 14. The van der Waals surface area contributed by atoms with Crippen molar-refractivity contribution >= 4 is 17.9 Å². The van der Waals surface area contributed by atoms with Crippen molar-refractivity contribution in [2.45, 2.75) is 367 Å². The second-order valence-corrected chi connectivity index (χ2v) is 23.8. The summed E-state index contributed by atoms with van der Waals surface area (Å²) in [6, 6.07) is 0. The molecule has 6 heteroatoms. The van der Waals surface area contributed by atoms with Gasteiger partial charge in [-0.1, -0.05) is 311 Å². The van der Waals surface area contributed by atoms with Crippen LogP contribution in [0.1, 0.15) is 361 Å². The summed E-state index contributed by atoms with van der Waals surface area (Å²) in [7, 11) is 0. The lowest BCUT2D eigenvalue weighted by Gasteiger charge is -2.18. The molecule has 0 heterocycles. The minimum atomic E-state index is -0.802. The zero-order valence-corrected chi connectivity index (χ0v) is 54.5. The Balaban J connectivity index is 4.18. The minimum Gasteiger partial charge on any atom is -0.462 e. The molecule has 0 amide bonds. The van der Waals surface area contributed by atoms with E-state index in [1.807, 2.05) is 0 Å². The molecule has 0 radical (unpaired) electrons. The number of unbranched alkanes of at least 4 members (excludes halogenated alkanes) is 40. The predicted molar refractivity (Wildman–Crippen MR) is 358 cm³/mol. The van der Waals surface area contributed by atoms with E-state index < -0.39 is 6.10 Å². The summed E-state index contributed by atoms with van der Waals surface area (Å²) in [6.45, 7) is 6.50. The van der Waals surface area contributed by atoms with Crippen LogP contribution in [0.15, 0.2) is 85.1 Å². The Morgan fingerprint density at radius 2 is 0.476 bits per heavy atom. The molecule has 0 aliphatic rings. The van der Waals surface area contributed by atoms with Crippen LogP contribution in [-0.4, -0.2) is 37.2 Å². The predicted octanol–water partition coefficient (Wildman–Crippen LogP) is 24.6. The van der Waals surface area contributed by atoms with Gasteiger partial charge in [0.2, 0.25) is 0 Å². The molecule has 0 aliphatic carbocycles. The summed E-state index contributed by atoms with van der Waals surface area (Å²) >= 11 is 0. The quantitative estimate of drug-likeness (QED) is 0.0261. The van der Waals surface area contributed by atoms with Gasteiger partial charge in [0.1, 0.15) is 13.2 Å². The first-order valence-corrected chi connectivity index (χ1v) is 35.6. The zero-order valence-electron chi connectivity index (χ0n) is 54.5. The monoisotopic (exact) mass is 1140 g/mol. The van der Waals surface area contributed by atoms with E-state index in [1.54, 1.807) is 0 Å². The maximum absolute atomic E-state index is 12.9. The lowest BCUT2D eigenvalue weighted by atomic mass is 10.0. The average Bonchev–Trinajstić information content (AvgIpc) is 3.47. The standard InChI is InChI=1S/C76H134O6/c1-4-7-10-13-16-19-22-25-28-30-31-32-33-34-35-36-37-38-39-40-41-42-43-44-45-46-49-51-54-57-60-63-66-69-75(78)81-72-73(71-80-74(77)68-65-62-59-56-53-50-47-27-24-21-18-15-12-9-6-3)82-76(79)70-67-64-61-58-55-52-48-29-26-23-20-17-14-11-8-5-2/h9,12,18,20-21,23,27,29-31,47-48,53,56,73H,4-8,10-11,13-17,19,22,24-26,28,32-46,49-52,54-55,57-72H2,1-3H3/b12-9-,21-18-,23-20-,31-30-,47-27-,48-29-,56-53-. The fraction of sp³-hybridized carbons (Fsp3) is 0.776. The maximum atomic E-state index is 12.9. The molecule has 0 bridgehead atoms. The van der Waals surface area contributed by atoms with Crippen LogP contribution in [0, 0.1) is 0 Å². The molecule has 0 spiro atoms. The second kappa shape index (κ2) is 70.1. The molecule has 0 aliphatic heterocycles. The van der Waals surface area contributed by atoms with Crippen LogP contribution in [-0.2, 0) is 28.6 Å². The molecule has 0 N–H and O–H groups in total. The summed E-state index contributed by atoms with van der Waals surface area (Å²) in [5, 5.41) is 0. The molecule has 474 valence electrons. The molecule has 0 saturated carbocycles. The van der Waals surface area contributed by atoms with Crippen LogP contribution in [0.5, 0.6) is 0 Å². The van der Waals surface area contributed by atoms with Crippen molar-refractivity contribution in [3.8, 4) is 0 Å². The first kappa shape index (κ1) is 78.6. The number of esters is 3. The van der Waals surface area contributed by atoms with Crippen molar-refractivity contribution in [1.82, 2.24) is 0 Å². The number of rotatable bonds is 65. The molecular weight excluding hydrogens is 1010 g/mol. The van der Waals surface area contributed by atoms with Gasteiger partial charge in [-0.15, -0.1) is 0 Å². The lowest BCUT2D eigenvalue weighted by Crippen LogP contribution is -2.30. The van der Waals surface area contributed by atoms with Crippen LogP contribution in [0.3, 0.4) is 0 Å². The van der Waals surface area contributed by atoms with Crippen LogP contribution in [0.2, 0.25) is 0 Å². The number of hydrogen-bond donors (Lipinski definition) is 0. The van der Waals surface area contributed by atoms with E-state index >= 15 is 0 Å². The summed E-state index contributed by atoms with van der Waals surface area (Å²) in [5.41, 5.74) is 0. The third kappa shape index (κ3) is 67.4. The highest BCUT2D eigenvalue weighted by Gasteiger charge is 2.19. The Morgan fingerprint density at radius 1 is 0.256 bits per heavy atom. The summed E-state index contributed by atoms with van der Waals surface area (Å²) in [5.74, 6) is -0.935. The zero-order chi connectivity index (χ0) is 59.2. The van der Waals surface area contributed by atoms with Gasteiger partial charge in [-0.25, -0.2) is 0 Å². The van der Waals surface area contributed by atoms with Crippen molar-refractivity contribution in [2.24, 2.45) is 0 Å². The number of ether oxygens (including phenoxy) is 3. The lowest BCUT2D eigenvalue weighted by molar-refractivity contribution is -0.167. The normalized spacial score (nSPS) is 12.6. The van der Waals surface area contributed by atoms with Gasteiger partial charge >= 0.3 is 17.9 Å². The van der Waals surface area contributed by atoms with Gasteiger partial charge < -0.3 is 14.2 Å². The number of hydrogen-bond acceptors (Lipinski definition) is 6. The molecule has 1 atom stereocenters. The average molecular weight is 1140 g/mol. The molecule has 0 saturated heterocycles. The number of carbonyl (C=O) groups excluding carboxylic acids is 3. The van der Waals surface area contributed by atoms with Crippen LogP contribution in [0.25, 0.3) is 0 Å². The van der Waals surface area contributed by atoms with Crippen molar-refractivity contribution in [2.75, 3.05) is 13.2 Å². The first-order valence-electron chi connectivity index (χ1n) is 35.6. The number of carbonyl (C=O) groups is 3. The molecule has 0 aromatic rings. The summed E-state index contributed by atoms with van der Waals surface area (Å²) in [6.07, 6.45) is 93.5. The van der Waals surface area contributed by atoms with E-state index in [9.17, 15) is 14.4 Å². The molecule has 0 rings (SSSR count). The van der Waals surface area contributed by atoms with Crippen molar-refractivity contribution in [3.63, 3.8) is 0 Å². The third-order valence-corrected chi connectivity index (χ3v) is 15.6. The van der Waals surface area contributed by atoms with Crippen LogP contribution < -0.4 is 0 Å². The van der Waals surface area contributed by atoms with E-state index in [0.717, 1.165) is 109 Å². The Kier molecular flexibility index (Phi) is 67.2. The van der Waals surface area contributed by atoms with Gasteiger partial charge in [0.15, 0.2) is 6.10 Å². The Morgan fingerprint density at radius 3 is 0.793 bits per heavy atom. The highest BCUT2D eigenvalue weighted by molar-refractivity contribution is 5.71. The minimum absolute atomic E-state index is 0.0930. The SMILES string of the molecule is CC/C=C\C/C=C\C/C=C\C/C=C\CCCCC(=O)OCC(COC(=O)CCCCCCCCCCCCCCCCCCCCCCC/C=C\CCCCCCCCCC)OC(=O)CCCCCCC/C=C\C/C=C\CCCCCC. The molecule has 1 unspecified atom stereocenters. The Hall–Kier alpha value is -3.41. The highest BCUT2D eigenvalue weighted by Crippen LogP contribution is 2.18. The van der Waals surface area contributed by atoms with E-state index in [2.05, 4.69) is 106 Å². The summed E-state index contributed by atoms with van der Waals surface area (Å²) < 4.78 is 16.9. The van der Waals surface area contributed by atoms with E-state index in [0.29, 0.717) is 19.3 Å². The van der Waals surface area contributed by atoms with Gasteiger partial charge in [-0.05, 0) is 116 Å². The van der Waals surface area contributed by atoms with Gasteiger partial charge in [0, 0.05) is 19.3 Å². The van der Waals surface area contributed by atoms with Crippen molar-refractivity contribution < 1.29 is 28.6 Å². The van der Waals surface area contributed by atoms with Crippen molar-refractivity contribution in [1.29, 1.82) is 0 Å². The molecule has 0 aromatic heterocycles. The first-order chi connectivity index (χ1) is 40.5. The van der Waals surface area contributed by atoms with Gasteiger partial charge in [0.05, 0.1) is 0 Å². The molecular formula is C76H134O6. The largest absolute Gasteiger partial charge is 0.462 e. The molecule has 6 nitrogen and oxygen atoms in total. The molecule has 0 aromatic carbocycles. The fourth-order valence-electron chi connectivity index (χ4n) is 10.3. The van der Waals surface area contributed by atoms with Gasteiger partial charge in [0.25, 0.3) is 0 Å². The van der Waals surface area contributed by atoms with E-state index in [1.165, 1.54) is 212 Å². The fourth-order valence-corrected chi connectivity index (χ4v) is 10.3. The topological polar surface area (TPSA) is 78.9 Å². The van der Waals surface area contributed by atoms with Gasteiger partial charge in [-0.2, -0.15) is 0 Å².